The molecule has 1 aliphatic heterocycles. The molecule has 6 nitrogen and oxygen atoms in total. The van der Waals surface area contributed by atoms with Crippen molar-refractivity contribution in [3.05, 3.63) is 42.0 Å². The van der Waals surface area contributed by atoms with Crippen molar-refractivity contribution in [3.63, 3.8) is 0 Å². The summed E-state index contributed by atoms with van der Waals surface area (Å²) in [5.74, 6) is 1.74. The fourth-order valence-corrected chi connectivity index (χ4v) is 2.88. The normalized spacial score (nSPS) is 22.6. The van der Waals surface area contributed by atoms with Gasteiger partial charge in [-0.25, -0.2) is 0 Å². The van der Waals surface area contributed by atoms with Crippen molar-refractivity contribution in [1.29, 1.82) is 0 Å². The number of likely N-dealkylation sites (tertiary alicyclic amines) is 1. The van der Waals surface area contributed by atoms with Crippen LogP contribution in [-0.4, -0.2) is 44.5 Å². The van der Waals surface area contributed by atoms with Crippen LogP contribution in [0.4, 0.5) is 0 Å². The van der Waals surface area contributed by atoms with Gasteiger partial charge in [0.2, 0.25) is 0 Å². The first-order chi connectivity index (χ1) is 10.2. The summed E-state index contributed by atoms with van der Waals surface area (Å²) in [6.45, 7) is 1.32. The molecule has 0 saturated carbocycles. The van der Waals surface area contributed by atoms with E-state index in [-0.39, 0.29) is 12.1 Å². The Balaban J connectivity index is 1.83. The Bertz CT molecular complexity index is 613. The number of aliphatic hydroxyl groups is 1. The van der Waals surface area contributed by atoms with Crippen LogP contribution in [-0.2, 0) is 13.6 Å². The Morgan fingerprint density at radius 3 is 3.00 bits per heavy atom. The molecular formula is C15H20N4O2. The summed E-state index contributed by atoms with van der Waals surface area (Å²) in [7, 11) is 3.60. The van der Waals surface area contributed by atoms with Gasteiger partial charge in [-0.2, -0.15) is 0 Å². The van der Waals surface area contributed by atoms with Crippen molar-refractivity contribution in [2.75, 3.05) is 13.7 Å². The zero-order valence-electron chi connectivity index (χ0n) is 12.3. The molecule has 6 heteroatoms. The monoisotopic (exact) mass is 288 g/mol. The highest BCUT2D eigenvalue weighted by Crippen LogP contribution is 2.34. The first-order valence-electron chi connectivity index (χ1n) is 7.06. The second-order valence-corrected chi connectivity index (χ2v) is 5.47. The lowest BCUT2D eigenvalue weighted by Crippen LogP contribution is -2.25. The van der Waals surface area contributed by atoms with Crippen LogP contribution in [0.3, 0.4) is 0 Å². The largest absolute Gasteiger partial charge is 0.497 e. The maximum atomic E-state index is 10.0. The lowest BCUT2D eigenvalue weighted by atomic mass is 10.0. The van der Waals surface area contributed by atoms with Crippen LogP contribution in [0.25, 0.3) is 0 Å². The number of aryl methyl sites for hydroxylation is 1. The summed E-state index contributed by atoms with van der Waals surface area (Å²) < 4.78 is 7.20. The van der Waals surface area contributed by atoms with Gasteiger partial charge in [-0.1, -0.05) is 12.1 Å². The Kier molecular flexibility index (Phi) is 3.90. The zero-order chi connectivity index (χ0) is 14.8. The molecule has 2 atom stereocenters. The van der Waals surface area contributed by atoms with Crippen LogP contribution in [0.1, 0.15) is 23.9 Å². The van der Waals surface area contributed by atoms with Gasteiger partial charge in [-0.05, 0) is 24.1 Å². The minimum absolute atomic E-state index is 0.173. The maximum absolute atomic E-state index is 10.0. The molecule has 0 unspecified atom stereocenters. The fourth-order valence-electron chi connectivity index (χ4n) is 2.88. The van der Waals surface area contributed by atoms with Crippen LogP contribution in [0.15, 0.2) is 30.6 Å². The highest BCUT2D eigenvalue weighted by Gasteiger charge is 2.32. The van der Waals surface area contributed by atoms with Gasteiger partial charge in [0.25, 0.3) is 0 Å². The number of benzene rings is 1. The number of methoxy groups -OCH3 is 1. The van der Waals surface area contributed by atoms with Gasteiger partial charge >= 0.3 is 0 Å². The summed E-state index contributed by atoms with van der Waals surface area (Å²) in [5, 5.41) is 18.1. The second kappa shape index (κ2) is 5.83. The van der Waals surface area contributed by atoms with Crippen molar-refractivity contribution in [3.8, 4) is 5.75 Å². The summed E-state index contributed by atoms with van der Waals surface area (Å²) in [5.41, 5.74) is 1.16. The number of aromatic nitrogens is 3. The van der Waals surface area contributed by atoms with Gasteiger partial charge in [0, 0.05) is 19.6 Å². The number of aliphatic hydroxyl groups excluding tert-OH is 1. The summed E-state index contributed by atoms with van der Waals surface area (Å²) >= 11 is 0. The Morgan fingerprint density at radius 2 is 2.29 bits per heavy atom. The van der Waals surface area contributed by atoms with Gasteiger partial charge in [0.05, 0.1) is 19.8 Å². The number of rotatable bonds is 4. The zero-order valence-corrected chi connectivity index (χ0v) is 12.3. The third-order valence-electron chi connectivity index (χ3n) is 4.01. The van der Waals surface area contributed by atoms with E-state index in [2.05, 4.69) is 21.2 Å². The number of ether oxygens (including phenoxy) is 1. The van der Waals surface area contributed by atoms with Gasteiger partial charge in [-0.3, -0.25) is 4.90 Å². The van der Waals surface area contributed by atoms with E-state index < -0.39 is 0 Å². The molecule has 0 spiro atoms. The highest BCUT2D eigenvalue weighted by molar-refractivity contribution is 5.31. The molecule has 1 saturated heterocycles. The van der Waals surface area contributed by atoms with Crippen LogP contribution in [0.5, 0.6) is 5.75 Å². The molecule has 112 valence electrons. The van der Waals surface area contributed by atoms with Gasteiger partial charge in [0.15, 0.2) is 0 Å². The summed E-state index contributed by atoms with van der Waals surface area (Å²) in [6.07, 6.45) is 2.11. The van der Waals surface area contributed by atoms with Crippen molar-refractivity contribution in [2.45, 2.75) is 25.1 Å². The highest BCUT2D eigenvalue weighted by atomic mass is 16.5. The third kappa shape index (κ3) is 2.91. The number of nitrogens with zero attached hydrogens (tertiary/aromatic N) is 4. The molecule has 1 aliphatic rings. The van der Waals surface area contributed by atoms with Crippen LogP contribution in [0.2, 0.25) is 0 Å². The van der Waals surface area contributed by atoms with Crippen LogP contribution < -0.4 is 4.74 Å². The maximum Gasteiger partial charge on any atom is 0.146 e. The molecule has 2 aromatic rings. The molecule has 2 heterocycles. The number of β-amino-alcohol motifs (C(OH)–C–C–N with tert-alkyl or cyclic N) is 1. The van der Waals surface area contributed by atoms with E-state index in [1.807, 2.05) is 29.8 Å². The number of hydrogen-bond donors (Lipinski definition) is 1. The third-order valence-corrected chi connectivity index (χ3v) is 4.01. The molecular weight excluding hydrogens is 268 g/mol. The molecule has 1 N–H and O–H groups in total. The van der Waals surface area contributed by atoms with E-state index in [9.17, 15) is 5.11 Å². The first kappa shape index (κ1) is 14.0. The standard InChI is InChI=1S/C15H20N4O2/c1-18-10-16-17-15(18)9-19-8-12(20)7-14(19)11-4-3-5-13(6-11)21-2/h3-6,10,12,14,20H,7-9H2,1-2H3/t12-,14+/m1/s1. The molecule has 1 aromatic carbocycles. The minimum Gasteiger partial charge on any atom is -0.497 e. The molecule has 0 bridgehead atoms. The quantitative estimate of drug-likeness (QED) is 0.914. The van der Waals surface area contributed by atoms with Gasteiger partial charge in [0.1, 0.15) is 17.9 Å². The molecule has 0 amide bonds. The van der Waals surface area contributed by atoms with E-state index in [1.54, 1.807) is 13.4 Å². The van der Waals surface area contributed by atoms with Crippen molar-refractivity contribution < 1.29 is 9.84 Å². The number of hydrogen-bond acceptors (Lipinski definition) is 5. The molecule has 3 rings (SSSR count). The molecule has 0 radical (unpaired) electrons. The van der Waals surface area contributed by atoms with E-state index >= 15 is 0 Å². The van der Waals surface area contributed by atoms with Crippen LogP contribution in [0, 0.1) is 0 Å². The second-order valence-electron chi connectivity index (χ2n) is 5.47. The molecule has 21 heavy (non-hydrogen) atoms. The van der Waals surface area contributed by atoms with Gasteiger partial charge in [-0.15, -0.1) is 10.2 Å². The topological polar surface area (TPSA) is 63.4 Å². The van der Waals surface area contributed by atoms with Crippen molar-refractivity contribution >= 4 is 0 Å². The lowest BCUT2D eigenvalue weighted by molar-refractivity contribution is 0.171. The fraction of sp³-hybridized carbons (Fsp3) is 0.467. The smallest absolute Gasteiger partial charge is 0.146 e. The molecule has 1 aromatic heterocycles. The van der Waals surface area contributed by atoms with E-state index in [1.165, 1.54) is 0 Å². The predicted octanol–water partition coefficient (Wildman–Crippen LogP) is 1.13. The SMILES string of the molecule is COc1cccc([C@@H]2C[C@@H](O)CN2Cc2nncn2C)c1. The average molecular weight is 288 g/mol. The van der Waals surface area contributed by atoms with Gasteiger partial charge < -0.3 is 14.4 Å². The Morgan fingerprint density at radius 1 is 1.43 bits per heavy atom. The van der Waals surface area contributed by atoms with Crippen LogP contribution >= 0.6 is 0 Å². The van der Waals surface area contributed by atoms with E-state index in [4.69, 9.17) is 4.74 Å². The Hall–Kier alpha value is -1.92. The lowest BCUT2D eigenvalue weighted by Gasteiger charge is -2.24. The van der Waals surface area contributed by atoms with Crippen molar-refractivity contribution in [2.24, 2.45) is 7.05 Å². The summed E-state index contributed by atoms with van der Waals surface area (Å²) in [4.78, 5) is 2.24. The first-order valence-corrected chi connectivity index (χ1v) is 7.06. The van der Waals surface area contributed by atoms with Crippen molar-refractivity contribution in [1.82, 2.24) is 19.7 Å². The van der Waals surface area contributed by atoms with E-state index in [0.29, 0.717) is 13.1 Å². The Labute approximate surface area is 124 Å². The average Bonchev–Trinajstić information content (AvgIpc) is 3.06. The predicted molar refractivity (Wildman–Crippen MR) is 77.8 cm³/mol. The van der Waals surface area contributed by atoms with E-state index in [0.717, 1.165) is 23.6 Å². The molecule has 0 aliphatic carbocycles. The summed E-state index contributed by atoms with van der Waals surface area (Å²) in [6, 6.07) is 8.20. The minimum atomic E-state index is -0.311. The molecule has 1 fully saturated rings.